The van der Waals surface area contributed by atoms with Crippen molar-refractivity contribution in [3.8, 4) is 5.75 Å². The van der Waals surface area contributed by atoms with E-state index in [-0.39, 0.29) is 0 Å². The summed E-state index contributed by atoms with van der Waals surface area (Å²) in [6.07, 6.45) is 3.31. The third kappa shape index (κ3) is 3.21. The molecule has 18 heavy (non-hydrogen) atoms. The van der Waals surface area contributed by atoms with Gasteiger partial charge in [0, 0.05) is 29.0 Å². The van der Waals surface area contributed by atoms with Gasteiger partial charge in [-0.15, -0.1) is 0 Å². The summed E-state index contributed by atoms with van der Waals surface area (Å²) in [6.45, 7) is 2.36. The third-order valence-electron chi connectivity index (χ3n) is 2.44. The molecule has 0 unspecified atom stereocenters. The van der Waals surface area contributed by atoms with Gasteiger partial charge in [0.05, 0.1) is 10.7 Å². The number of aryl methyl sites for hydroxylation is 1. The number of halogens is 2. The SMILES string of the molecule is Cc1ccc(OCc2ccncc2Cl)c(CBr)n1. The average Bonchev–Trinajstić information content (AvgIpc) is 2.39. The number of rotatable bonds is 4. The molecule has 0 atom stereocenters. The summed E-state index contributed by atoms with van der Waals surface area (Å²) in [4.78, 5) is 8.35. The Labute approximate surface area is 119 Å². The third-order valence-corrected chi connectivity index (χ3v) is 3.31. The zero-order chi connectivity index (χ0) is 13.0. The quantitative estimate of drug-likeness (QED) is 0.799. The summed E-state index contributed by atoms with van der Waals surface area (Å²) < 4.78 is 5.75. The summed E-state index contributed by atoms with van der Waals surface area (Å²) >= 11 is 9.43. The van der Waals surface area contributed by atoms with Crippen LogP contribution >= 0.6 is 27.5 Å². The first-order chi connectivity index (χ1) is 8.70. The number of hydrogen-bond acceptors (Lipinski definition) is 3. The van der Waals surface area contributed by atoms with E-state index in [1.54, 1.807) is 12.4 Å². The maximum Gasteiger partial charge on any atom is 0.142 e. The molecule has 94 valence electrons. The highest BCUT2D eigenvalue weighted by Gasteiger charge is 2.06. The molecule has 0 spiro atoms. The van der Waals surface area contributed by atoms with Crippen molar-refractivity contribution in [2.75, 3.05) is 0 Å². The van der Waals surface area contributed by atoms with Crippen molar-refractivity contribution in [2.45, 2.75) is 18.9 Å². The van der Waals surface area contributed by atoms with Crippen LogP contribution in [0, 0.1) is 6.92 Å². The van der Waals surface area contributed by atoms with Crippen molar-refractivity contribution in [3.63, 3.8) is 0 Å². The Kier molecular flexibility index (Phi) is 4.55. The Morgan fingerprint density at radius 1 is 1.33 bits per heavy atom. The lowest BCUT2D eigenvalue weighted by Crippen LogP contribution is -2.01. The molecule has 0 saturated carbocycles. The first-order valence-electron chi connectivity index (χ1n) is 5.44. The highest BCUT2D eigenvalue weighted by atomic mass is 79.9. The normalized spacial score (nSPS) is 10.4. The van der Waals surface area contributed by atoms with Gasteiger partial charge in [0.15, 0.2) is 0 Å². The largest absolute Gasteiger partial charge is 0.487 e. The van der Waals surface area contributed by atoms with Gasteiger partial charge in [-0.2, -0.15) is 0 Å². The average molecular weight is 328 g/mol. The molecule has 0 bridgehead atoms. The van der Waals surface area contributed by atoms with Crippen LogP contribution in [0.3, 0.4) is 0 Å². The van der Waals surface area contributed by atoms with E-state index in [1.807, 2.05) is 25.1 Å². The van der Waals surface area contributed by atoms with E-state index < -0.39 is 0 Å². The molecule has 0 radical (unpaired) electrons. The molecule has 0 aliphatic carbocycles. The molecule has 0 N–H and O–H groups in total. The Bertz CT molecular complexity index is 548. The molecule has 0 saturated heterocycles. The molecular weight excluding hydrogens is 316 g/mol. The van der Waals surface area contributed by atoms with Crippen molar-refractivity contribution in [2.24, 2.45) is 0 Å². The highest BCUT2D eigenvalue weighted by Crippen LogP contribution is 2.22. The maximum absolute atomic E-state index is 6.02. The van der Waals surface area contributed by atoms with Crippen LogP contribution in [0.25, 0.3) is 0 Å². The van der Waals surface area contributed by atoms with Gasteiger partial charge in [-0.25, -0.2) is 0 Å². The Morgan fingerprint density at radius 3 is 2.89 bits per heavy atom. The van der Waals surface area contributed by atoms with E-state index >= 15 is 0 Å². The second kappa shape index (κ2) is 6.16. The van der Waals surface area contributed by atoms with Crippen molar-refractivity contribution in [3.05, 3.63) is 52.6 Å². The summed E-state index contributed by atoms with van der Waals surface area (Å²) in [5, 5.41) is 1.27. The van der Waals surface area contributed by atoms with Crippen molar-refractivity contribution in [1.82, 2.24) is 9.97 Å². The summed E-state index contributed by atoms with van der Waals surface area (Å²) in [7, 11) is 0. The van der Waals surface area contributed by atoms with Crippen LogP contribution in [0.1, 0.15) is 17.0 Å². The molecule has 0 fully saturated rings. The van der Waals surface area contributed by atoms with Gasteiger partial charge in [0.1, 0.15) is 12.4 Å². The molecule has 0 amide bonds. The van der Waals surface area contributed by atoms with Gasteiger partial charge >= 0.3 is 0 Å². The summed E-state index contributed by atoms with van der Waals surface area (Å²) in [5.74, 6) is 0.769. The van der Waals surface area contributed by atoms with Crippen LogP contribution in [0.15, 0.2) is 30.6 Å². The minimum atomic E-state index is 0.409. The fraction of sp³-hybridized carbons (Fsp3) is 0.231. The fourth-order valence-electron chi connectivity index (χ4n) is 1.50. The van der Waals surface area contributed by atoms with Gasteiger partial charge in [-0.1, -0.05) is 27.5 Å². The number of alkyl halides is 1. The molecule has 0 aliphatic heterocycles. The molecular formula is C13H12BrClN2O. The van der Waals surface area contributed by atoms with E-state index in [0.717, 1.165) is 22.7 Å². The fourth-order valence-corrected chi connectivity index (χ4v) is 2.08. The predicted octanol–water partition coefficient (Wildman–Crippen LogP) is 3.91. The zero-order valence-electron chi connectivity index (χ0n) is 9.86. The van der Waals surface area contributed by atoms with E-state index in [9.17, 15) is 0 Å². The number of nitrogens with zero attached hydrogens (tertiary/aromatic N) is 2. The van der Waals surface area contributed by atoms with Gasteiger partial charge in [0.25, 0.3) is 0 Å². The monoisotopic (exact) mass is 326 g/mol. The van der Waals surface area contributed by atoms with E-state index in [1.165, 1.54) is 0 Å². The van der Waals surface area contributed by atoms with Gasteiger partial charge < -0.3 is 4.74 Å². The number of pyridine rings is 2. The van der Waals surface area contributed by atoms with E-state index in [4.69, 9.17) is 16.3 Å². The second-order valence-corrected chi connectivity index (χ2v) is 4.75. The first kappa shape index (κ1) is 13.3. The van der Waals surface area contributed by atoms with Gasteiger partial charge in [0.2, 0.25) is 0 Å². The van der Waals surface area contributed by atoms with Crippen LogP contribution in [-0.4, -0.2) is 9.97 Å². The highest BCUT2D eigenvalue weighted by molar-refractivity contribution is 9.08. The standard InChI is InChI=1S/C13H12BrClN2O/c1-9-2-3-13(12(6-14)17-9)18-8-10-4-5-16-7-11(10)15/h2-5,7H,6,8H2,1H3. The minimum Gasteiger partial charge on any atom is -0.487 e. The van der Waals surface area contributed by atoms with E-state index in [2.05, 4.69) is 25.9 Å². The summed E-state index contributed by atoms with van der Waals surface area (Å²) in [5.41, 5.74) is 2.77. The molecule has 0 aromatic carbocycles. The van der Waals surface area contributed by atoms with Gasteiger partial charge in [-0.05, 0) is 25.1 Å². The first-order valence-corrected chi connectivity index (χ1v) is 6.94. The smallest absolute Gasteiger partial charge is 0.142 e. The molecule has 2 heterocycles. The molecule has 3 nitrogen and oxygen atoms in total. The van der Waals surface area contributed by atoms with Crippen molar-refractivity contribution < 1.29 is 4.74 Å². The predicted molar refractivity (Wildman–Crippen MR) is 75.2 cm³/mol. The second-order valence-electron chi connectivity index (χ2n) is 3.79. The van der Waals surface area contributed by atoms with Crippen LogP contribution in [-0.2, 0) is 11.9 Å². The van der Waals surface area contributed by atoms with E-state index in [0.29, 0.717) is 17.0 Å². The maximum atomic E-state index is 6.02. The number of aromatic nitrogens is 2. The number of hydrogen-bond donors (Lipinski definition) is 0. The molecule has 5 heteroatoms. The molecule has 0 aliphatic rings. The van der Waals surface area contributed by atoms with Crippen LogP contribution < -0.4 is 4.74 Å². The molecule has 2 aromatic heterocycles. The molecule has 2 aromatic rings. The lowest BCUT2D eigenvalue weighted by molar-refractivity contribution is 0.302. The Hall–Kier alpha value is -1.13. The Balaban J connectivity index is 2.13. The topological polar surface area (TPSA) is 35.0 Å². The van der Waals surface area contributed by atoms with Crippen LogP contribution in [0.2, 0.25) is 5.02 Å². The Morgan fingerprint density at radius 2 is 2.17 bits per heavy atom. The summed E-state index contributed by atoms with van der Waals surface area (Å²) in [6, 6.07) is 5.70. The lowest BCUT2D eigenvalue weighted by atomic mass is 10.3. The zero-order valence-corrected chi connectivity index (χ0v) is 12.2. The lowest BCUT2D eigenvalue weighted by Gasteiger charge is -2.10. The van der Waals surface area contributed by atoms with Crippen LogP contribution in [0.5, 0.6) is 5.75 Å². The number of ether oxygens (including phenoxy) is 1. The minimum absolute atomic E-state index is 0.409. The van der Waals surface area contributed by atoms with Crippen LogP contribution in [0.4, 0.5) is 0 Å². The molecule has 2 rings (SSSR count). The van der Waals surface area contributed by atoms with Crippen molar-refractivity contribution >= 4 is 27.5 Å². The van der Waals surface area contributed by atoms with Crippen molar-refractivity contribution in [1.29, 1.82) is 0 Å². The van der Waals surface area contributed by atoms with Gasteiger partial charge in [-0.3, -0.25) is 9.97 Å².